The normalized spacial score (nSPS) is 16.5. The minimum Gasteiger partial charge on any atom is -0.460 e. The number of benzene rings is 1. The van der Waals surface area contributed by atoms with Gasteiger partial charge in [-0.1, -0.05) is 6.42 Å². The van der Waals surface area contributed by atoms with Crippen molar-refractivity contribution in [3.05, 3.63) is 30.0 Å². The molecule has 0 amide bonds. The molecule has 3 rings (SSSR count). The third-order valence-electron chi connectivity index (χ3n) is 3.26. The minimum atomic E-state index is 0.693. The predicted octanol–water partition coefficient (Wildman–Crippen LogP) is 2.66. The maximum atomic E-state index is 5.73. The summed E-state index contributed by atoms with van der Waals surface area (Å²) < 4.78 is 5.72. The van der Waals surface area contributed by atoms with E-state index in [1.165, 1.54) is 19.3 Å². The maximum Gasteiger partial charge on any atom is 0.134 e. The Balaban J connectivity index is 1.76. The number of nitrogens with one attached hydrogen (secondary N) is 1. The topological polar surface area (TPSA) is 51.2 Å². The quantitative estimate of drug-likeness (QED) is 0.775. The van der Waals surface area contributed by atoms with Gasteiger partial charge in [-0.2, -0.15) is 0 Å². The van der Waals surface area contributed by atoms with Crippen LogP contribution in [0.15, 0.2) is 28.7 Å². The summed E-state index contributed by atoms with van der Waals surface area (Å²) >= 11 is 0. The highest BCUT2D eigenvalue weighted by molar-refractivity contribution is 5.81. The number of rotatable bonds is 3. The van der Waals surface area contributed by atoms with E-state index in [1.54, 1.807) is 0 Å². The Kier molecular flexibility index (Phi) is 2.33. The molecule has 1 saturated carbocycles. The average Bonchev–Trinajstić information content (AvgIpc) is 2.57. The molecule has 16 heavy (non-hydrogen) atoms. The number of hydrogen-bond acceptors (Lipinski definition) is 3. The van der Waals surface area contributed by atoms with Crippen LogP contribution in [0.4, 0.5) is 5.69 Å². The molecule has 0 bridgehead atoms. The molecule has 0 unspecified atom stereocenters. The summed E-state index contributed by atoms with van der Waals surface area (Å²) in [6.07, 6.45) is 3.95. The van der Waals surface area contributed by atoms with Gasteiger partial charge in [-0.3, -0.25) is 0 Å². The summed E-state index contributed by atoms with van der Waals surface area (Å²) in [7, 11) is 0. The highest BCUT2D eigenvalue weighted by atomic mass is 16.3. The first-order valence-electron chi connectivity index (χ1n) is 5.82. The molecule has 0 saturated heterocycles. The van der Waals surface area contributed by atoms with E-state index < -0.39 is 0 Å². The lowest BCUT2D eigenvalue weighted by atomic mass is 9.93. The van der Waals surface area contributed by atoms with Crippen molar-refractivity contribution in [2.45, 2.75) is 31.8 Å². The molecule has 1 heterocycles. The van der Waals surface area contributed by atoms with E-state index in [0.29, 0.717) is 6.04 Å². The lowest BCUT2D eigenvalue weighted by Crippen LogP contribution is -2.34. The molecule has 3 nitrogen and oxygen atoms in total. The monoisotopic (exact) mass is 216 g/mol. The third-order valence-corrected chi connectivity index (χ3v) is 3.26. The Morgan fingerprint density at radius 3 is 2.94 bits per heavy atom. The number of furan rings is 1. The molecule has 1 aromatic carbocycles. The van der Waals surface area contributed by atoms with Gasteiger partial charge in [0.1, 0.15) is 11.3 Å². The number of nitrogens with two attached hydrogens (primary N) is 1. The summed E-state index contributed by atoms with van der Waals surface area (Å²) in [4.78, 5) is 0. The fourth-order valence-electron chi connectivity index (χ4n) is 2.06. The largest absolute Gasteiger partial charge is 0.460 e. The van der Waals surface area contributed by atoms with Gasteiger partial charge in [0.05, 0.1) is 6.54 Å². The molecule has 3 N–H and O–H groups in total. The minimum absolute atomic E-state index is 0.693. The van der Waals surface area contributed by atoms with E-state index in [9.17, 15) is 0 Å². The first-order valence-corrected chi connectivity index (χ1v) is 5.82. The second-order valence-corrected chi connectivity index (χ2v) is 4.52. The van der Waals surface area contributed by atoms with Crippen molar-refractivity contribution in [3.8, 4) is 0 Å². The maximum absolute atomic E-state index is 5.73. The van der Waals surface area contributed by atoms with Gasteiger partial charge in [-0.25, -0.2) is 0 Å². The Morgan fingerprint density at radius 1 is 1.31 bits per heavy atom. The van der Waals surface area contributed by atoms with Crippen LogP contribution in [0.3, 0.4) is 0 Å². The second-order valence-electron chi connectivity index (χ2n) is 4.52. The summed E-state index contributed by atoms with van der Waals surface area (Å²) in [5, 5.41) is 4.57. The molecule has 1 fully saturated rings. The molecule has 1 aliphatic carbocycles. The van der Waals surface area contributed by atoms with Crippen LogP contribution in [0.25, 0.3) is 11.0 Å². The van der Waals surface area contributed by atoms with E-state index >= 15 is 0 Å². The molecular formula is C13H16N2O. The molecule has 84 valence electrons. The van der Waals surface area contributed by atoms with Gasteiger partial charge in [-0.05, 0) is 37.1 Å². The van der Waals surface area contributed by atoms with Gasteiger partial charge in [0.15, 0.2) is 0 Å². The zero-order valence-corrected chi connectivity index (χ0v) is 9.20. The molecule has 0 spiro atoms. The summed E-state index contributed by atoms with van der Waals surface area (Å²) in [5.74, 6) is 0.993. The van der Waals surface area contributed by atoms with Crippen molar-refractivity contribution in [2.75, 3.05) is 5.73 Å². The highest BCUT2D eigenvalue weighted by Crippen LogP contribution is 2.23. The van der Waals surface area contributed by atoms with Crippen molar-refractivity contribution >= 4 is 16.7 Å². The Morgan fingerprint density at radius 2 is 2.19 bits per heavy atom. The lowest BCUT2D eigenvalue weighted by molar-refractivity contribution is 0.327. The zero-order chi connectivity index (χ0) is 11.0. The Labute approximate surface area is 94.6 Å². The lowest BCUT2D eigenvalue weighted by Gasteiger charge is -2.25. The Hall–Kier alpha value is -1.48. The van der Waals surface area contributed by atoms with Gasteiger partial charge in [0.2, 0.25) is 0 Å². The first-order chi connectivity index (χ1) is 7.81. The van der Waals surface area contributed by atoms with Crippen LogP contribution >= 0.6 is 0 Å². The average molecular weight is 216 g/mol. The van der Waals surface area contributed by atoms with E-state index in [1.807, 2.05) is 18.2 Å². The molecule has 1 aliphatic rings. The molecule has 2 aromatic rings. The predicted molar refractivity (Wildman–Crippen MR) is 65.1 cm³/mol. The smallest absolute Gasteiger partial charge is 0.134 e. The number of hydrogen-bond donors (Lipinski definition) is 2. The highest BCUT2D eigenvalue weighted by Gasteiger charge is 2.16. The first kappa shape index (κ1) is 9.73. The number of fused-ring (bicyclic) bond motifs is 1. The molecule has 0 atom stereocenters. The van der Waals surface area contributed by atoms with Crippen molar-refractivity contribution < 1.29 is 4.42 Å². The van der Waals surface area contributed by atoms with Crippen LogP contribution in [0.5, 0.6) is 0 Å². The van der Waals surface area contributed by atoms with Gasteiger partial charge in [0.25, 0.3) is 0 Å². The van der Waals surface area contributed by atoms with E-state index in [2.05, 4.69) is 11.4 Å². The number of anilines is 1. The van der Waals surface area contributed by atoms with Crippen LogP contribution in [0.1, 0.15) is 25.0 Å². The van der Waals surface area contributed by atoms with Crippen LogP contribution in [0.2, 0.25) is 0 Å². The van der Waals surface area contributed by atoms with Crippen LogP contribution in [0, 0.1) is 0 Å². The zero-order valence-electron chi connectivity index (χ0n) is 9.20. The van der Waals surface area contributed by atoms with Crippen molar-refractivity contribution in [3.63, 3.8) is 0 Å². The molecular weight excluding hydrogens is 200 g/mol. The van der Waals surface area contributed by atoms with E-state index in [4.69, 9.17) is 10.2 Å². The third kappa shape index (κ3) is 1.78. The van der Waals surface area contributed by atoms with Crippen molar-refractivity contribution in [2.24, 2.45) is 0 Å². The van der Waals surface area contributed by atoms with E-state index in [-0.39, 0.29) is 0 Å². The van der Waals surface area contributed by atoms with Gasteiger partial charge < -0.3 is 15.5 Å². The standard InChI is InChI=1S/C13H16N2O/c14-10-4-5-13-9(6-10)7-12(16-13)8-15-11-2-1-3-11/h4-7,11,15H,1-3,8,14H2. The van der Waals surface area contributed by atoms with Crippen LogP contribution in [-0.4, -0.2) is 6.04 Å². The fourth-order valence-corrected chi connectivity index (χ4v) is 2.06. The van der Waals surface area contributed by atoms with Gasteiger partial charge in [0, 0.05) is 17.1 Å². The summed E-state index contributed by atoms with van der Waals surface area (Å²) in [5.41, 5.74) is 7.43. The molecule has 3 heteroatoms. The Bertz CT molecular complexity index is 500. The van der Waals surface area contributed by atoms with Gasteiger partial charge in [-0.15, -0.1) is 0 Å². The fraction of sp³-hybridized carbons (Fsp3) is 0.385. The number of nitrogen functional groups attached to an aromatic ring is 1. The van der Waals surface area contributed by atoms with Crippen LogP contribution < -0.4 is 11.1 Å². The van der Waals surface area contributed by atoms with Crippen molar-refractivity contribution in [1.29, 1.82) is 0 Å². The molecule has 0 radical (unpaired) electrons. The molecule has 1 aromatic heterocycles. The second kappa shape index (κ2) is 3.83. The summed E-state index contributed by atoms with van der Waals surface area (Å²) in [6, 6.07) is 8.51. The van der Waals surface area contributed by atoms with Crippen LogP contribution in [-0.2, 0) is 6.54 Å². The van der Waals surface area contributed by atoms with E-state index in [0.717, 1.165) is 29.0 Å². The van der Waals surface area contributed by atoms with Gasteiger partial charge >= 0.3 is 0 Å². The van der Waals surface area contributed by atoms with Crippen molar-refractivity contribution in [1.82, 2.24) is 5.32 Å². The molecule has 0 aliphatic heterocycles. The SMILES string of the molecule is Nc1ccc2oc(CNC3CCC3)cc2c1. The summed E-state index contributed by atoms with van der Waals surface area (Å²) in [6.45, 7) is 0.819.